The van der Waals surface area contributed by atoms with Gasteiger partial charge in [0.2, 0.25) is 0 Å². The summed E-state index contributed by atoms with van der Waals surface area (Å²) in [5.41, 5.74) is 0.696. The van der Waals surface area contributed by atoms with Gasteiger partial charge in [-0.1, -0.05) is 0 Å². The molecule has 140 valence electrons. The maximum atomic E-state index is 12.9. The lowest BCUT2D eigenvalue weighted by molar-refractivity contribution is -0.122. The van der Waals surface area contributed by atoms with Crippen LogP contribution in [0.25, 0.3) is 11.5 Å². The molecule has 1 atom stereocenters. The van der Waals surface area contributed by atoms with E-state index in [1.54, 1.807) is 31.2 Å². The topological polar surface area (TPSA) is 86.5 Å². The Labute approximate surface area is 155 Å². The molecule has 0 bridgehead atoms. The molecule has 7 nitrogen and oxygen atoms in total. The van der Waals surface area contributed by atoms with Gasteiger partial charge in [0.25, 0.3) is 17.7 Å². The molecular weight excluding hydrogens is 353 g/mol. The van der Waals surface area contributed by atoms with E-state index in [9.17, 15) is 9.18 Å². The second kappa shape index (κ2) is 8.31. The minimum Gasteiger partial charge on any atom is -0.494 e. The number of nitrogens with one attached hydrogen (secondary N) is 1. The Balaban J connectivity index is 1.60. The number of amides is 1. The molecule has 1 heterocycles. The van der Waals surface area contributed by atoms with E-state index < -0.39 is 12.0 Å². The highest BCUT2D eigenvalue weighted by Gasteiger charge is 2.18. The molecule has 2 aromatic carbocycles. The number of nitrogens with zero attached hydrogens (tertiary/aromatic N) is 2. The highest BCUT2D eigenvalue weighted by atomic mass is 19.1. The molecular formula is C19H18FN3O4. The van der Waals surface area contributed by atoms with Crippen LogP contribution in [0.4, 0.5) is 10.3 Å². The number of anilines is 1. The van der Waals surface area contributed by atoms with Gasteiger partial charge >= 0.3 is 0 Å². The van der Waals surface area contributed by atoms with Crippen molar-refractivity contribution in [2.75, 3.05) is 11.9 Å². The number of carbonyl (C=O) groups excluding carboxylic acids is 1. The van der Waals surface area contributed by atoms with Crippen LogP contribution in [0.2, 0.25) is 0 Å². The zero-order valence-electron chi connectivity index (χ0n) is 14.8. The van der Waals surface area contributed by atoms with E-state index in [-0.39, 0.29) is 17.7 Å². The summed E-state index contributed by atoms with van der Waals surface area (Å²) >= 11 is 0. The van der Waals surface area contributed by atoms with Gasteiger partial charge in [-0.2, -0.15) is 4.98 Å². The molecule has 0 aliphatic rings. The van der Waals surface area contributed by atoms with Gasteiger partial charge in [-0.25, -0.2) is 4.39 Å². The lowest BCUT2D eigenvalue weighted by Crippen LogP contribution is -2.30. The van der Waals surface area contributed by atoms with Crippen molar-refractivity contribution in [2.45, 2.75) is 20.0 Å². The summed E-state index contributed by atoms with van der Waals surface area (Å²) in [5.74, 6) is 0.564. The van der Waals surface area contributed by atoms with Crippen LogP contribution in [0, 0.1) is 5.82 Å². The maximum Gasteiger partial charge on any atom is 0.270 e. The fourth-order valence-corrected chi connectivity index (χ4v) is 2.23. The Morgan fingerprint density at radius 3 is 2.48 bits per heavy atom. The van der Waals surface area contributed by atoms with Crippen molar-refractivity contribution in [3.8, 4) is 23.0 Å². The number of rotatable bonds is 7. The van der Waals surface area contributed by atoms with Crippen LogP contribution in [0.1, 0.15) is 13.8 Å². The van der Waals surface area contributed by atoms with Gasteiger partial charge in [-0.05, 0) is 67.5 Å². The molecule has 1 amide bonds. The standard InChI is InChI=1S/C19H18FN3O4/c1-3-25-15-8-4-13(5-9-15)18-22-19(23-27-18)21-17(24)12(2)26-16-10-6-14(20)7-11-16/h4-12H,3H2,1-2H3,(H,21,23,24). The summed E-state index contributed by atoms with van der Waals surface area (Å²) in [6.45, 7) is 4.04. The first kappa shape index (κ1) is 18.4. The van der Waals surface area contributed by atoms with Crippen molar-refractivity contribution >= 4 is 11.9 Å². The predicted octanol–water partition coefficient (Wildman–Crippen LogP) is 3.68. The lowest BCUT2D eigenvalue weighted by atomic mass is 10.2. The number of carbonyl (C=O) groups is 1. The number of hydrogen-bond acceptors (Lipinski definition) is 6. The third-order valence-corrected chi connectivity index (χ3v) is 3.57. The van der Waals surface area contributed by atoms with Gasteiger partial charge in [0.05, 0.1) is 6.61 Å². The monoisotopic (exact) mass is 371 g/mol. The Morgan fingerprint density at radius 2 is 1.81 bits per heavy atom. The van der Waals surface area contributed by atoms with Crippen molar-refractivity contribution in [2.24, 2.45) is 0 Å². The summed E-state index contributed by atoms with van der Waals surface area (Å²) in [6.07, 6.45) is -0.831. The van der Waals surface area contributed by atoms with Gasteiger partial charge in [0, 0.05) is 5.56 Å². The molecule has 8 heteroatoms. The molecule has 3 rings (SSSR count). The molecule has 0 aliphatic carbocycles. The molecule has 0 fully saturated rings. The first-order valence-electron chi connectivity index (χ1n) is 8.35. The predicted molar refractivity (Wildman–Crippen MR) is 96.0 cm³/mol. The molecule has 3 aromatic rings. The molecule has 0 aliphatic heterocycles. The first-order chi connectivity index (χ1) is 13.0. The highest BCUT2D eigenvalue weighted by molar-refractivity contribution is 5.92. The number of halogens is 1. The number of benzene rings is 2. The second-order valence-electron chi connectivity index (χ2n) is 5.58. The van der Waals surface area contributed by atoms with E-state index >= 15 is 0 Å². The Bertz CT molecular complexity index is 894. The van der Waals surface area contributed by atoms with E-state index in [0.29, 0.717) is 17.9 Å². The van der Waals surface area contributed by atoms with Crippen molar-refractivity contribution in [3.63, 3.8) is 0 Å². The molecule has 1 unspecified atom stereocenters. The van der Waals surface area contributed by atoms with Crippen LogP contribution in [0.3, 0.4) is 0 Å². The van der Waals surface area contributed by atoms with Crippen LogP contribution >= 0.6 is 0 Å². The Hall–Kier alpha value is -3.42. The molecule has 0 spiro atoms. The molecule has 1 aromatic heterocycles. The fraction of sp³-hybridized carbons (Fsp3) is 0.211. The van der Waals surface area contributed by atoms with Crippen LogP contribution in [0.15, 0.2) is 53.1 Å². The number of hydrogen-bond donors (Lipinski definition) is 1. The van der Waals surface area contributed by atoms with Crippen LogP contribution in [0.5, 0.6) is 11.5 Å². The Morgan fingerprint density at radius 1 is 1.15 bits per heavy atom. The molecule has 1 N–H and O–H groups in total. The van der Waals surface area contributed by atoms with Gasteiger partial charge in [0.15, 0.2) is 6.10 Å². The molecule has 0 radical (unpaired) electrons. The first-order valence-corrected chi connectivity index (χ1v) is 8.35. The summed E-state index contributed by atoms with van der Waals surface area (Å²) in [5, 5.41) is 6.25. The zero-order chi connectivity index (χ0) is 19.2. The van der Waals surface area contributed by atoms with Crippen LogP contribution in [-0.2, 0) is 4.79 Å². The third kappa shape index (κ3) is 4.81. The number of aromatic nitrogens is 2. The molecule has 27 heavy (non-hydrogen) atoms. The average Bonchev–Trinajstić information content (AvgIpc) is 3.13. The zero-order valence-corrected chi connectivity index (χ0v) is 14.8. The summed E-state index contributed by atoms with van der Waals surface area (Å²) in [4.78, 5) is 16.3. The third-order valence-electron chi connectivity index (χ3n) is 3.57. The van der Waals surface area contributed by atoms with Crippen molar-refractivity contribution in [1.29, 1.82) is 0 Å². The second-order valence-corrected chi connectivity index (χ2v) is 5.58. The van der Waals surface area contributed by atoms with Crippen LogP contribution in [-0.4, -0.2) is 28.8 Å². The highest BCUT2D eigenvalue weighted by Crippen LogP contribution is 2.22. The fourth-order valence-electron chi connectivity index (χ4n) is 2.23. The van der Waals surface area contributed by atoms with E-state index in [0.717, 1.165) is 5.75 Å². The maximum absolute atomic E-state index is 12.9. The summed E-state index contributed by atoms with van der Waals surface area (Å²) in [7, 11) is 0. The van der Waals surface area contributed by atoms with Gasteiger partial charge < -0.3 is 14.0 Å². The minimum absolute atomic E-state index is 0.0263. The number of ether oxygens (including phenoxy) is 2. The van der Waals surface area contributed by atoms with Crippen LogP contribution < -0.4 is 14.8 Å². The molecule has 0 saturated heterocycles. The largest absolute Gasteiger partial charge is 0.494 e. The average molecular weight is 371 g/mol. The van der Waals surface area contributed by atoms with E-state index in [2.05, 4.69) is 15.5 Å². The van der Waals surface area contributed by atoms with Crippen molar-refractivity contribution in [1.82, 2.24) is 10.1 Å². The van der Waals surface area contributed by atoms with E-state index in [4.69, 9.17) is 14.0 Å². The smallest absolute Gasteiger partial charge is 0.270 e. The van der Waals surface area contributed by atoms with Gasteiger partial charge in [0.1, 0.15) is 17.3 Å². The minimum atomic E-state index is -0.831. The normalized spacial score (nSPS) is 11.7. The SMILES string of the molecule is CCOc1ccc(-c2nc(NC(=O)C(C)Oc3ccc(F)cc3)no2)cc1. The molecule has 0 saturated carbocycles. The lowest BCUT2D eigenvalue weighted by Gasteiger charge is -2.13. The Kier molecular flexibility index (Phi) is 5.65. The summed E-state index contributed by atoms with van der Waals surface area (Å²) < 4.78 is 28.9. The summed E-state index contributed by atoms with van der Waals surface area (Å²) in [6, 6.07) is 12.5. The van der Waals surface area contributed by atoms with E-state index in [1.165, 1.54) is 24.3 Å². The van der Waals surface area contributed by atoms with Gasteiger partial charge in [-0.3, -0.25) is 10.1 Å². The van der Waals surface area contributed by atoms with Gasteiger partial charge in [-0.15, -0.1) is 0 Å². The van der Waals surface area contributed by atoms with Crippen molar-refractivity contribution < 1.29 is 23.2 Å². The van der Waals surface area contributed by atoms with E-state index in [1.807, 2.05) is 6.92 Å². The van der Waals surface area contributed by atoms with Crippen molar-refractivity contribution in [3.05, 3.63) is 54.3 Å². The quantitative estimate of drug-likeness (QED) is 0.682.